The summed E-state index contributed by atoms with van der Waals surface area (Å²) in [5.41, 5.74) is 0. The summed E-state index contributed by atoms with van der Waals surface area (Å²) < 4.78 is 14.9. The first kappa shape index (κ1) is 13.9. The molecular weight excluding hydrogens is 262 g/mol. The van der Waals surface area contributed by atoms with Gasteiger partial charge in [-0.05, 0) is 24.3 Å². The molecule has 2 rings (SSSR count). The Hall–Kier alpha value is -2.50. The Labute approximate surface area is 115 Å². The second kappa shape index (κ2) is 6.60. The molecule has 0 unspecified atom stereocenters. The van der Waals surface area contributed by atoms with Crippen LogP contribution in [0, 0.1) is 0 Å². The molecule has 0 radical (unpaired) electrons. The molecule has 1 amide bonds. The number of amides is 1. The second-order valence-electron chi connectivity index (χ2n) is 4.11. The van der Waals surface area contributed by atoms with Crippen molar-refractivity contribution in [3.8, 4) is 0 Å². The zero-order valence-electron chi connectivity index (χ0n) is 11.1. The third-order valence-corrected chi connectivity index (χ3v) is 2.76. The Morgan fingerprint density at radius 2 is 1.95 bits per heavy atom. The molecular formula is C14H15NO5. The maximum Gasteiger partial charge on any atom is 0.307 e. The molecule has 0 spiro atoms. The molecule has 0 atom stereocenters. The average Bonchev–Trinajstić information content (AvgIpc) is 3.14. The fourth-order valence-electron chi connectivity index (χ4n) is 1.73. The Balaban J connectivity index is 2.06. The minimum atomic E-state index is -0.373. The highest BCUT2D eigenvalue weighted by Crippen LogP contribution is 2.12. The van der Waals surface area contributed by atoms with Gasteiger partial charge in [0.15, 0.2) is 5.76 Å². The van der Waals surface area contributed by atoms with Crippen molar-refractivity contribution >= 4 is 11.9 Å². The second-order valence-corrected chi connectivity index (χ2v) is 4.11. The van der Waals surface area contributed by atoms with Gasteiger partial charge in [-0.15, -0.1) is 0 Å². The maximum absolute atomic E-state index is 12.3. The van der Waals surface area contributed by atoms with Crippen molar-refractivity contribution in [2.24, 2.45) is 0 Å². The van der Waals surface area contributed by atoms with Crippen molar-refractivity contribution in [2.45, 2.75) is 13.0 Å². The van der Waals surface area contributed by atoms with E-state index in [4.69, 9.17) is 8.83 Å². The third-order valence-electron chi connectivity index (χ3n) is 2.76. The Bertz CT molecular complexity index is 544. The highest BCUT2D eigenvalue weighted by atomic mass is 16.5. The van der Waals surface area contributed by atoms with Crippen molar-refractivity contribution in [1.82, 2.24) is 4.90 Å². The smallest absolute Gasteiger partial charge is 0.307 e. The van der Waals surface area contributed by atoms with Gasteiger partial charge < -0.3 is 18.5 Å². The van der Waals surface area contributed by atoms with Gasteiger partial charge in [0, 0.05) is 6.54 Å². The molecule has 0 saturated heterocycles. The molecule has 0 saturated carbocycles. The summed E-state index contributed by atoms with van der Waals surface area (Å²) in [4.78, 5) is 25.0. The fourth-order valence-corrected chi connectivity index (χ4v) is 1.73. The Morgan fingerprint density at radius 3 is 2.55 bits per heavy atom. The lowest BCUT2D eigenvalue weighted by Gasteiger charge is -2.19. The normalized spacial score (nSPS) is 10.2. The number of furan rings is 2. The van der Waals surface area contributed by atoms with E-state index in [2.05, 4.69) is 4.74 Å². The summed E-state index contributed by atoms with van der Waals surface area (Å²) in [6.07, 6.45) is 3.08. The first-order valence-corrected chi connectivity index (χ1v) is 6.12. The van der Waals surface area contributed by atoms with Gasteiger partial charge in [-0.1, -0.05) is 0 Å². The summed E-state index contributed by atoms with van der Waals surface area (Å²) in [7, 11) is 1.31. The van der Waals surface area contributed by atoms with Crippen LogP contribution in [0.1, 0.15) is 22.7 Å². The molecule has 106 valence electrons. The van der Waals surface area contributed by atoms with Crippen LogP contribution in [0.5, 0.6) is 0 Å². The lowest BCUT2D eigenvalue weighted by Crippen LogP contribution is -2.32. The Kier molecular flexibility index (Phi) is 4.60. The zero-order valence-corrected chi connectivity index (χ0v) is 11.1. The van der Waals surface area contributed by atoms with Crippen LogP contribution >= 0.6 is 0 Å². The number of methoxy groups -OCH3 is 1. The van der Waals surface area contributed by atoms with Crippen LogP contribution < -0.4 is 0 Å². The van der Waals surface area contributed by atoms with E-state index in [1.165, 1.54) is 24.5 Å². The van der Waals surface area contributed by atoms with E-state index in [-0.39, 0.29) is 37.1 Å². The molecule has 2 aromatic rings. The number of nitrogens with zero attached hydrogens (tertiary/aromatic N) is 1. The number of rotatable bonds is 6. The molecule has 0 aromatic carbocycles. The highest BCUT2D eigenvalue weighted by molar-refractivity contribution is 5.91. The van der Waals surface area contributed by atoms with Crippen LogP contribution in [0.2, 0.25) is 0 Å². The van der Waals surface area contributed by atoms with Crippen LogP contribution in [0.4, 0.5) is 0 Å². The predicted molar refractivity (Wildman–Crippen MR) is 68.8 cm³/mol. The molecule has 20 heavy (non-hydrogen) atoms. The van der Waals surface area contributed by atoms with Crippen LogP contribution in [0.25, 0.3) is 0 Å². The fraction of sp³-hybridized carbons (Fsp3) is 0.286. The minimum Gasteiger partial charge on any atom is -0.469 e. The first-order chi connectivity index (χ1) is 9.70. The van der Waals surface area contributed by atoms with Gasteiger partial charge >= 0.3 is 5.97 Å². The maximum atomic E-state index is 12.3. The van der Waals surface area contributed by atoms with E-state index in [9.17, 15) is 9.59 Å². The first-order valence-electron chi connectivity index (χ1n) is 6.12. The van der Waals surface area contributed by atoms with Crippen LogP contribution in [0.3, 0.4) is 0 Å². The molecule has 0 aliphatic heterocycles. The molecule has 2 aromatic heterocycles. The molecule has 0 aliphatic carbocycles. The van der Waals surface area contributed by atoms with Gasteiger partial charge in [-0.2, -0.15) is 0 Å². The highest BCUT2D eigenvalue weighted by Gasteiger charge is 2.20. The summed E-state index contributed by atoms with van der Waals surface area (Å²) in [5, 5.41) is 0. The topological polar surface area (TPSA) is 72.9 Å². The van der Waals surface area contributed by atoms with Crippen molar-refractivity contribution in [2.75, 3.05) is 13.7 Å². The summed E-state index contributed by atoms with van der Waals surface area (Å²) in [6.45, 7) is 0.496. The molecule has 0 bridgehead atoms. The lowest BCUT2D eigenvalue weighted by atomic mass is 10.3. The number of carbonyl (C=O) groups is 2. The van der Waals surface area contributed by atoms with Gasteiger partial charge in [0.2, 0.25) is 0 Å². The summed E-state index contributed by atoms with van der Waals surface area (Å²) in [6, 6.07) is 6.72. The van der Waals surface area contributed by atoms with E-state index in [1.54, 1.807) is 24.3 Å². The van der Waals surface area contributed by atoms with Gasteiger partial charge in [0.1, 0.15) is 5.76 Å². The van der Waals surface area contributed by atoms with E-state index < -0.39 is 0 Å². The molecule has 2 heterocycles. The Morgan fingerprint density at radius 1 is 1.20 bits per heavy atom. The molecule has 6 heteroatoms. The van der Waals surface area contributed by atoms with Gasteiger partial charge in [0.05, 0.1) is 32.6 Å². The van der Waals surface area contributed by atoms with E-state index >= 15 is 0 Å². The van der Waals surface area contributed by atoms with Crippen molar-refractivity contribution in [1.29, 1.82) is 0 Å². The van der Waals surface area contributed by atoms with E-state index in [0.29, 0.717) is 5.76 Å². The van der Waals surface area contributed by atoms with E-state index in [1.807, 2.05) is 0 Å². The lowest BCUT2D eigenvalue weighted by molar-refractivity contribution is -0.140. The van der Waals surface area contributed by atoms with Crippen LogP contribution in [-0.2, 0) is 16.1 Å². The third kappa shape index (κ3) is 3.50. The largest absolute Gasteiger partial charge is 0.469 e. The SMILES string of the molecule is COC(=O)CCN(Cc1ccco1)C(=O)c1ccco1. The molecule has 0 aliphatic rings. The number of carbonyl (C=O) groups excluding carboxylic acids is 2. The molecule has 0 N–H and O–H groups in total. The molecule has 6 nitrogen and oxygen atoms in total. The van der Waals surface area contributed by atoms with Gasteiger partial charge in [-0.25, -0.2) is 0 Å². The van der Waals surface area contributed by atoms with Crippen LogP contribution in [0.15, 0.2) is 45.6 Å². The van der Waals surface area contributed by atoms with Crippen molar-refractivity contribution in [3.63, 3.8) is 0 Å². The average molecular weight is 277 g/mol. The standard InChI is InChI=1S/C14H15NO5/c1-18-13(16)6-7-15(10-11-4-2-8-19-11)14(17)12-5-3-9-20-12/h2-5,8-9H,6-7,10H2,1H3. The van der Waals surface area contributed by atoms with E-state index in [0.717, 1.165) is 0 Å². The summed E-state index contributed by atoms with van der Waals surface area (Å²) >= 11 is 0. The number of hydrogen-bond acceptors (Lipinski definition) is 5. The quantitative estimate of drug-likeness (QED) is 0.756. The van der Waals surface area contributed by atoms with Crippen molar-refractivity contribution < 1.29 is 23.2 Å². The molecule has 0 fully saturated rings. The summed E-state index contributed by atoms with van der Waals surface area (Å²) in [5.74, 6) is 0.188. The van der Waals surface area contributed by atoms with Gasteiger partial charge in [-0.3, -0.25) is 9.59 Å². The number of hydrogen-bond donors (Lipinski definition) is 0. The zero-order chi connectivity index (χ0) is 14.4. The van der Waals surface area contributed by atoms with Gasteiger partial charge in [0.25, 0.3) is 5.91 Å². The van der Waals surface area contributed by atoms with Crippen molar-refractivity contribution in [3.05, 3.63) is 48.3 Å². The monoisotopic (exact) mass is 277 g/mol. The number of ether oxygens (including phenoxy) is 1. The minimum absolute atomic E-state index is 0.115. The number of esters is 1. The predicted octanol–water partition coefficient (Wildman–Crippen LogP) is 2.08. The van der Waals surface area contributed by atoms with Crippen LogP contribution in [-0.4, -0.2) is 30.4 Å².